The number of benzene rings is 2. The topological polar surface area (TPSA) is 51.2 Å². The summed E-state index contributed by atoms with van der Waals surface area (Å²) in [7, 11) is 0. The van der Waals surface area contributed by atoms with Gasteiger partial charge in [-0.15, -0.1) is 11.3 Å². The first-order valence-electron chi connectivity index (χ1n) is 8.28. The molecule has 26 heavy (non-hydrogen) atoms. The first-order chi connectivity index (χ1) is 12.6. The summed E-state index contributed by atoms with van der Waals surface area (Å²) in [6, 6.07) is 15.3. The number of ether oxygens (including phenoxy) is 1. The van der Waals surface area contributed by atoms with Crippen molar-refractivity contribution in [3.63, 3.8) is 0 Å². The number of nitrogens with one attached hydrogen (secondary N) is 1. The van der Waals surface area contributed by atoms with Gasteiger partial charge in [-0.25, -0.2) is 4.98 Å². The number of amides is 1. The average Bonchev–Trinajstić information content (AvgIpc) is 3.06. The summed E-state index contributed by atoms with van der Waals surface area (Å²) in [4.78, 5) is 16.3. The van der Waals surface area contributed by atoms with Crippen LogP contribution in [-0.2, 0) is 11.4 Å². The summed E-state index contributed by atoms with van der Waals surface area (Å²) in [6.07, 6.45) is 3.30. The summed E-state index contributed by atoms with van der Waals surface area (Å²) in [5.74, 6) is 0.616. The lowest BCUT2D eigenvalue weighted by Crippen LogP contribution is -2.07. The normalized spacial score (nSPS) is 10.8. The molecule has 0 unspecified atom stereocenters. The smallest absolute Gasteiger partial charge is 0.248 e. The van der Waals surface area contributed by atoms with Gasteiger partial charge in [-0.3, -0.25) is 4.79 Å². The molecular weight excluding hydrogens is 344 g/mol. The molecule has 0 aliphatic heterocycles. The molecule has 1 heterocycles. The first-order valence-corrected chi connectivity index (χ1v) is 9.16. The van der Waals surface area contributed by atoms with Gasteiger partial charge in [0.05, 0.1) is 10.7 Å². The van der Waals surface area contributed by atoms with E-state index < -0.39 is 0 Å². The van der Waals surface area contributed by atoms with Crippen molar-refractivity contribution in [1.82, 2.24) is 4.98 Å². The van der Waals surface area contributed by atoms with Crippen LogP contribution in [0.25, 0.3) is 6.08 Å². The number of nitrogens with zero attached hydrogens (tertiary/aromatic N) is 1. The molecule has 0 radical (unpaired) electrons. The molecule has 0 aliphatic carbocycles. The van der Waals surface area contributed by atoms with Gasteiger partial charge in [-0.05, 0) is 49.8 Å². The molecule has 2 aromatic carbocycles. The SMILES string of the molecule is Cc1ccc(NC(=O)/C=C/c2ccc(OCc3csc(C)n3)cc2)cc1. The highest BCUT2D eigenvalue weighted by Crippen LogP contribution is 2.16. The summed E-state index contributed by atoms with van der Waals surface area (Å²) in [6.45, 7) is 4.44. The van der Waals surface area contributed by atoms with E-state index >= 15 is 0 Å². The Morgan fingerprint density at radius 1 is 1.12 bits per heavy atom. The lowest BCUT2D eigenvalue weighted by Gasteiger charge is -2.04. The maximum Gasteiger partial charge on any atom is 0.248 e. The lowest BCUT2D eigenvalue weighted by atomic mass is 10.2. The van der Waals surface area contributed by atoms with Gasteiger partial charge in [0.1, 0.15) is 12.4 Å². The number of thiazole rings is 1. The van der Waals surface area contributed by atoms with Gasteiger partial charge < -0.3 is 10.1 Å². The van der Waals surface area contributed by atoms with Crippen LogP contribution in [0.1, 0.15) is 21.8 Å². The minimum absolute atomic E-state index is 0.159. The summed E-state index contributed by atoms with van der Waals surface area (Å²) < 4.78 is 5.72. The number of rotatable bonds is 6. The van der Waals surface area contributed by atoms with E-state index in [0.717, 1.165) is 33.3 Å². The van der Waals surface area contributed by atoms with Crippen LogP contribution >= 0.6 is 11.3 Å². The first kappa shape index (κ1) is 17.9. The second kappa shape index (κ2) is 8.45. The zero-order valence-corrected chi connectivity index (χ0v) is 15.5. The Morgan fingerprint density at radius 2 is 1.85 bits per heavy atom. The van der Waals surface area contributed by atoms with Crippen LogP contribution in [0.4, 0.5) is 5.69 Å². The maximum absolute atomic E-state index is 12.0. The van der Waals surface area contributed by atoms with Gasteiger partial charge >= 0.3 is 0 Å². The molecule has 3 rings (SSSR count). The number of aromatic nitrogens is 1. The van der Waals surface area contributed by atoms with Crippen LogP contribution in [-0.4, -0.2) is 10.9 Å². The van der Waals surface area contributed by atoms with Crippen molar-refractivity contribution in [3.05, 3.63) is 81.8 Å². The zero-order chi connectivity index (χ0) is 18.4. The minimum Gasteiger partial charge on any atom is -0.487 e. The van der Waals surface area contributed by atoms with Crippen LogP contribution in [0.5, 0.6) is 5.75 Å². The highest BCUT2D eigenvalue weighted by atomic mass is 32.1. The molecule has 0 bridgehead atoms. The molecule has 0 aliphatic rings. The fourth-order valence-corrected chi connectivity index (χ4v) is 2.90. The minimum atomic E-state index is -0.159. The average molecular weight is 364 g/mol. The summed E-state index contributed by atoms with van der Waals surface area (Å²) in [5, 5.41) is 5.87. The van der Waals surface area contributed by atoms with Crippen molar-refractivity contribution in [1.29, 1.82) is 0 Å². The number of anilines is 1. The predicted molar refractivity (Wildman–Crippen MR) is 106 cm³/mol. The third-order valence-corrected chi connectivity index (χ3v) is 4.50. The van der Waals surface area contributed by atoms with E-state index in [1.807, 2.05) is 67.8 Å². The lowest BCUT2D eigenvalue weighted by molar-refractivity contribution is -0.111. The van der Waals surface area contributed by atoms with Crippen molar-refractivity contribution < 1.29 is 9.53 Å². The van der Waals surface area contributed by atoms with Crippen LogP contribution in [0.15, 0.2) is 60.0 Å². The highest BCUT2D eigenvalue weighted by molar-refractivity contribution is 7.09. The molecule has 1 aromatic heterocycles. The Hall–Kier alpha value is -2.92. The van der Waals surface area contributed by atoms with Gasteiger partial charge in [0.15, 0.2) is 0 Å². The quantitative estimate of drug-likeness (QED) is 0.627. The number of carbonyl (C=O) groups excluding carboxylic acids is 1. The third-order valence-electron chi connectivity index (χ3n) is 3.68. The Balaban J connectivity index is 1.52. The van der Waals surface area contributed by atoms with E-state index in [1.54, 1.807) is 17.4 Å². The maximum atomic E-state index is 12.0. The van der Waals surface area contributed by atoms with Gasteiger partial charge in [-0.1, -0.05) is 29.8 Å². The van der Waals surface area contributed by atoms with Gasteiger partial charge in [0.2, 0.25) is 5.91 Å². The fraction of sp³-hybridized carbons (Fsp3) is 0.143. The molecule has 0 spiro atoms. The van der Waals surface area contributed by atoms with Crippen LogP contribution in [0.2, 0.25) is 0 Å². The Morgan fingerprint density at radius 3 is 2.50 bits per heavy atom. The van der Waals surface area contributed by atoms with E-state index in [1.165, 1.54) is 6.08 Å². The van der Waals surface area contributed by atoms with Crippen LogP contribution < -0.4 is 10.1 Å². The molecule has 5 heteroatoms. The fourth-order valence-electron chi connectivity index (χ4n) is 2.30. The molecular formula is C21H20N2O2S. The van der Waals surface area contributed by atoms with E-state index in [0.29, 0.717) is 6.61 Å². The molecule has 0 saturated carbocycles. The Labute approximate surface area is 157 Å². The molecule has 3 aromatic rings. The van der Waals surface area contributed by atoms with Crippen molar-refractivity contribution in [2.24, 2.45) is 0 Å². The number of hydrogen-bond donors (Lipinski definition) is 1. The van der Waals surface area contributed by atoms with Crippen molar-refractivity contribution in [2.45, 2.75) is 20.5 Å². The van der Waals surface area contributed by atoms with E-state index in [4.69, 9.17) is 4.74 Å². The van der Waals surface area contributed by atoms with E-state index in [-0.39, 0.29) is 5.91 Å². The van der Waals surface area contributed by atoms with Crippen molar-refractivity contribution in [2.75, 3.05) is 5.32 Å². The second-order valence-electron chi connectivity index (χ2n) is 5.90. The predicted octanol–water partition coefficient (Wildman–Crippen LogP) is 4.99. The molecule has 132 valence electrons. The number of aryl methyl sites for hydroxylation is 2. The Kier molecular flexibility index (Phi) is 5.81. The zero-order valence-electron chi connectivity index (χ0n) is 14.7. The molecule has 0 atom stereocenters. The third kappa shape index (κ3) is 5.29. The molecule has 0 saturated heterocycles. The van der Waals surface area contributed by atoms with Crippen molar-refractivity contribution in [3.8, 4) is 5.75 Å². The van der Waals surface area contributed by atoms with Gasteiger partial charge in [0.25, 0.3) is 0 Å². The molecule has 1 amide bonds. The van der Waals surface area contributed by atoms with E-state index in [2.05, 4.69) is 10.3 Å². The second-order valence-corrected chi connectivity index (χ2v) is 6.97. The van der Waals surface area contributed by atoms with Gasteiger partial charge in [0, 0.05) is 17.1 Å². The monoisotopic (exact) mass is 364 g/mol. The molecule has 0 fully saturated rings. The number of carbonyl (C=O) groups is 1. The van der Waals surface area contributed by atoms with Crippen molar-refractivity contribution >= 4 is 29.0 Å². The summed E-state index contributed by atoms with van der Waals surface area (Å²) >= 11 is 1.61. The molecule has 1 N–H and O–H groups in total. The highest BCUT2D eigenvalue weighted by Gasteiger charge is 2.01. The largest absolute Gasteiger partial charge is 0.487 e. The van der Waals surface area contributed by atoms with Crippen LogP contribution in [0, 0.1) is 13.8 Å². The standard InChI is InChI=1S/C21H20N2O2S/c1-15-3-8-18(9-4-15)23-21(24)12-7-17-5-10-20(11-6-17)25-13-19-14-26-16(2)22-19/h3-12,14H,13H2,1-2H3,(H,23,24)/b12-7+. The number of hydrogen-bond acceptors (Lipinski definition) is 4. The van der Waals surface area contributed by atoms with Crippen LogP contribution in [0.3, 0.4) is 0 Å². The molecule has 4 nitrogen and oxygen atoms in total. The summed E-state index contributed by atoms with van der Waals surface area (Å²) in [5.41, 5.74) is 3.81. The Bertz CT molecular complexity index is 897. The van der Waals surface area contributed by atoms with E-state index in [9.17, 15) is 4.79 Å². The van der Waals surface area contributed by atoms with Gasteiger partial charge in [-0.2, -0.15) is 0 Å².